The van der Waals surface area contributed by atoms with Crippen LogP contribution in [0.1, 0.15) is 43.0 Å². The second kappa shape index (κ2) is 7.67. The van der Waals surface area contributed by atoms with E-state index in [2.05, 4.69) is 27.8 Å². The van der Waals surface area contributed by atoms with Gasteiger partial charge in [0.25, 0.3) is 0 Å². The van der Waals surface area contributed by atoms with Crippen LogP contribution in [0.5, 0.6) is 0 Å². The number of halogens is 2. The van der Waals surface area contributed by atoms with E-state index in [-0.39, 0.29) is 5.15 Å². The van der Waals surface area contributed by atoms with E-state index in [0.29, 0.717) is 16.6 Å². The number of hydrogen-bond donors (Lipinski definition) is 0. The van der Waals surface area contributed by atoms with Crippen molar-refractivity contribution in [2.24, 2.45) is 0 Å². The Bertz CT molecular complexity index is 385. The summed E-state index contributed by atoms with van der Waals surface area (Å²) in [5.41, 5.74) is 0.302. The first-order valence-corrected chi connectivity index (χ1v) is 6.80. The summed E-state index contributed by atoms with van der Waals surface area (Å²) in [5, 5.41) is 0.173. The van der Waals surface area contributed by atoms with Crippen molar-refractivity contribution in [2.75, 3.05) is 6.61 Å². The first-order chi connectivity index (χ1) is 8.15. The van der Waals surface area contributed by atoms with Gasteiger partial charge in [-0.05, 0) is 28.4 Å². The third-order valence-electron chi connectivity index (χ3n) is 2.26. The number of rotatable bonds is 6. The van der Waals surface area contributed by atoms with Gasteiger partial charge in [0.05, 0.1) is 12.2 Å². The van der Waals surface area contributed by atoms with Gasteiger partial charge in [0.15, 0.2) is 0 Å². The first-order valence-electron chi connectivity index (χ1n) is 5.63. The second-order valence-electron chi connectivity index (χ2n) is 3.69. The molecule has 0 unspecified atom stereocenters. The SMILES string of the molecule is CCCCCCOC(=O)c1cc(Br)cnc1Cl. The van der Waals surface area contributed by atoms with Crippen LogP contribution in [0.3, 0.4) is 0 Å². The van der Waals surface area contributed by atoms with Gasteiger partial charge in [-0.25, -0.2) is 9.78 Å². The summed E-state index contributed by atoms with van der Waals surface area (Å²) >= 11 is 9.06. The van der Waals surface area contributed by atoms with Gasteiger partial charge in [-0.3, -0.25) is 0 Å². The number of ether oxygens (including phenoxy) is 1. The Hall–Kier alpha value is -0.610. The highest BCUT2D eigenvalue weighted by Gasteiger charge is 2.13. The van der Waals surface area contributed by atoms with Crippen molar-refractivity contribution >= 4 is 33.5 Å². The van der Waals surface area contributed by atoms with Crippen LogP contribution in [-0.4, -0.2) is 17.6 Å². The number of nitrogens with zero attached hydrogens (tertiary/aromatic N) is 1. The predicted octanol–water partition coefficient (Wildman–Crippen LogP) is 4.23. The number of esters is 1. The van der Waals surface area contributed by atoms with Crippen LogP contribution in [0, 0.1) is 0 Å². The van der Waals surface area contributed by atoms with E-state index in [1.54, 1.807) is 12.3 Å². The number of unbranched alkanes of at least 4 members (excludes halogenated alkanes) is 3. The molecule has 1 aromatic heterocycles. The topological polar surface area (TPSA) is 39.2 Å². The van der Waals surface area contributed by atoms with Crippen LogP contribution in [0.2, 0.25) is 5.15 Å². The number of aromatic nitrogens is 1. The van der Waals surface area contributed by atoms with Crippen LogP contribution < -0.4 is 0 Å². The van der Waals surface area contributed by atoms with Crippen LogP contribution in [0.4, 0.5) is 0 Å². The largest absolute Gasteiger partial charge is 0.462 e. The molecule has 0 spiro atoms. The molecule has 0 aromatic carbocycles. The van der Waals surface area contributed by atoms with E-state index in [4.69, 9.17) is 16.3 Å². The van der Waals surface area contributed by atoms with Gasteiger partial charge >= 0.3 is 5.97 Å². The Labute approximate surface area is 115 Å². The lowest BCUT2D eigenvalue weighted by molar-refractivity contribution is 0.0497. The maximum absolute atomic E-state index is 11.7. The molecular formula is C12H15BrClNO2. The third-order valence-corrected chi connectivity index (χ3v) is 2.99. The summed E-state index contributed by atoms with van der Waals surface area (Å²) in [7, 11) is 0. The van der Waals surface area contributed by atoms with Crippen LogP contribution in [-0.2, 0) is 4.74 Å². The minimum atomic E-state index is -0.416. The highest BCUT2D eigenvalue weighted by Crippen LogP contribution is 2.19. The summed E-state index contributed by atoms with van der Waals surface area (Å²) < 4.78 is 5.83. The lowest BCUT2D eigenvalue weighted by atomic mass is 10.2. The molecule has 0 amide bonds. The Morgan fingerprint density at radius 1 is 1.47 bits per heavy atom. The van der Waals surface area contributed by atoms with Crippen molar-refractivity contribution in [3.05, 3.63) is 27.5 Å². The van der Waals surface area contributed by atoms with Crippen LogP contribution >= 0.6 is 27.5 Å². The van der Waals surface area contributed by atoms with Crippen molar-refractivity contribution < 1.29 is 9.53 Å². The van der Waals surface area contributed by atoms with Gasteiger partial charge in [-0.1, -0.05) is 37.8 Å². The second-order valence-corrected chi connectivity index (χ2v) is 4.96. The molecule has 0 saturated carbocycles. The van der Waals surface area contributed by atoms with Gasteiger partial charge in [-0.2, -0.15) is 0 Å². The minimum absolute atomic E-state index is 0.173. The van der Waals surface area contributed by atoms with Gasteiger partial charge in [-0.15, -0.1) is 0 Å². The number of carbonyl (C=O) groups excluding carboxylic acids is 1. The molecule has 0 atom stereocenters. The monoisotopic (exact) mass is 319 g/mol. The molecule has 0 radical (unpaired) electrons. The van der Waals surface area contributed by atoms with Crippen LogP contribution in [0.25, 0.3) is 0 Å². The quantitative estimate of drug-likeness (QED) is 0.447. The third kappa shape index (κ3) is 5.04. The predicted molar refractivity (Wildman–Crippen MR) is 71.4 cm³/mol. The van der Waals surface area contributed by atoms with E-state index in [1.807, 2.05) is 0 Å². The zero-order valence-electron chi connectivity index (χ0n) is 9.71. The van der Waals surface area contributed by atoms with Gasteiger partial charge in [0.2, 0.25) is 0 Å². The molecule has 94 valence electrons. The lowest BCUT2D eigenvalue weighted by Gasteiger charge is -2.05. The average Bonchev–Trinajstić information content (AvgIpc) is 2.32. The Kier molecular flexibility index (Phi) is 6.52. The fraction of sp³-hybridized carbons (Fsp3) is 0.500. The van der Waals surface area contributed by atoms with Crippen molar-refractivity contribution in [3.63, 3.8) is 0 Å². The van der Waals surface area contributed by atoms with Crippen molar-refractivity contribution in [2.45, 2.75) is 32.6 Å². The molecule has 1 heterocycles. The molecule has 0 aliphatic carbocycles. The van der Waals surface area contributed by atoms with Crippen molar-refractivity contribution in [3.8, 4) is 0 Å². The fourth-order valence-corrected chi connectivity index (χ4v) is 1.85. The summed E-state index contributed by atoms with van der Waals surface area (Å²) in [6, 6.07) is 1.61. The van der Waals surface area contributed by atoms with Crippen LogP contribution in [0.15, 0.2) is 16.7 Å². The van der Waals surface area contributed by atoms with Gasteiger partial charge in [0, 0.05) is 10.7 Å². The molecular weight excluding hydrogens is 305 g/mol. The summed E-state index contributed by atoms with van der Waals surface area (Å²) in [5.74, 6) is -0.416. The highest BCUT2D eigenvalue weighted by atomic mass is 79.9. The molecule has 0 aliphatic heterocycles. The maximum atomic E-state index is 11.7. The minimum Gasteiger partial charge on any atom is -0.462 e. The zero-order valence-corrected chi connectivity index (χ0v) is 12.1. The molecule has 5 heteroatoms. The normalized spacial score (nSPS) is 10.3. The Morgan fingerprint density at radius 3 is 2.94 bits per heavy atom. The standard InChI is InChI=1S/C12H15BrClNO2/c1-2-3-4-5-6-17-12(16)10-7-9(13)8-15-11(10)14/h7-8H,2-6H2,1H3. The van der Waals surface area contributed by atoms with E-state index >= 15 is 0 Å². The van der Waals surface area contributed by atoms with Gasteiger partial charge in [0.1, 0.15) is 5.15 Å². The molecule has 0 aliphatic rings. The number of carbonyl (C=O) groups is 1. The highest BCUT2D eigenvalue weighted by molar-refractivity contribution is 9.10. The van der Waals surface area contributed by atoms with E-state index in [1.165, 1.54) is 0 Å². The summed E-state index contributed by atoms with van der Waals surface area (Å²) in [4.78, 5) is 15.6. The summed E-state index contributed by atoms with van der Waals surface area (Å²) in [6.45, 7) is 2.57. The Morgan fingerprint density at radius 2 is 2.24 bits per heavy atom. The zero-order chi connectivity index (χ0) is 12.7. The number of pyridine rings is 1. The van der Waals surface area contributed by atoms with Crippen molar-refractivity contribution in [1.29, 1.82) is 0 Å². The fourth-order valence-electron chi connectivity index (χ4n) is 1.34. The lowest BCUT2D eigenvalue weighted by Crippen LogP contribution is -2.08. The van der Waals surface area contributed by atoms with E-state index < -0.39 is 5.97 Å². The van der Waals surface area contributed by atoms with Crippen molar-refractivity contribution in [1.82, 2.24) is 4.98 Å². The van der Waals surface area contributed by atoms with E-state index in [0.717, 1.165) is 25.7 Å². The molecule has 0 fully saturated rings. The molecule has 1 rings (SSSR count). The average molecular weight is 321 g/mol. The van der Waals surface area contributed by atoms with Gasteiger partial charge < -0.3 is 4.74 Å². The smallest absolute Gasteiger partial charge is 0.341 e. The summed E-state index contributed by atoms with van der Waals surface area (Å²) in [6.07, 6.45) is 5.83. The Balaban J connectivity index is 2.44. The molecule has 0 N–H and O–H groups in total. The molecule has 1 aromatic rings. The molecule has 0 saturated heterocycles. The number of hydrogen-bond acceptors (Lipinski definition) is 3. The van der Waals surface area contributed by atoms with E-state index in [9.17, 15) is 4.79 Å². The molecule has 17 heavy (non-hydrogen) atoms. The first kappa shape index (κ1) is 14.5. The molecule has 3 nitrogen and oxygen atoms in total. The molecule has 0 bridgehead atoms. The maximum Gasteiger partial charge on any atom is 0.341 e.